The molecule has 0 aliphatic heterocycles. The fraction of sp³-hybridized carbons (Fsp3) is 0.167. The van der Waals surface area contributed by atoms with Crippen molar-refractivity contribution in [2.75, 3.05) is 24.6 Å². The Balaban J connectivity index is 1.74. The minimum absolute atomic E-state index is 0.0396. The molecule has 0 fully saturated rings. The number of ether oxygens (including phenoxy) is 2. The van der Waals surface area contributed by atoms with Crippen LogP contribution in [-0.2, 0) is 14.8 Å². The molecule has 0 saturated carbocycles. The highest BCUT2D eigenvalue weighted by molar-refractivity contribution is 7.92. The van der Waals surface area contributed by atoms with E-state index in [-0.39, 0.29) is 22.8 Å². The van der Waals surface area contributed by atoms with Crippen LogP contribution in [0.1, 0.15) is 27.6 Å². The zero-order valence-corrected chi connectivity index (χ0v) is 18.5. The lowest BCUT2D eigenvalue weighted by Crippen LogP contribution is -2.30. The molecule has 166 valence electrons. The second kappa shape index (κ2) is 10.1. The lowest BCUT2D eigenvalue weighted by atomic mass is 10.1. The summed E-state index contributed by atoms with van der Waals surface area (Å²) in [5, 5.41) is 0. The first-order valence-electron chi connectivity index (χ1n) is 9.89. The van der Waals surface area contributed by atoms with Gasteiger partial charge in [-0.15, -0.1) is 0 Å². The van der Waals surface area contributed by atoms with Crippen molar-refractivity contribution in [2.24, 2.45) is 0 Å². The second-order valence-electron chi connectivity index (χ2n) is 6.76. The number of carbonyl (C=O) groups is 2. The Labute approximate surface area is 187 Å². The van der Waals surface area contributed by atoms with E-state index in [1.165, 1.54) is 35.7 Å². The monoisotopic (exact) mass is 453 g/mol. The number of benzene rings is 3. The number of para-hydroxylation sites is 1. The molecular weight excluding hydrogens is 430 g/mol. The average molecular weight is 454 g/mol. The highest BCUT2D eigenvalue weighted by Gasteiger charge is 2.24. The maximum absolute atomic E-state index is 13.2. The van der Waals surface area contributed by atoms with E-state index in [0.717, 1.165) is 0 Å². The summed E-state index contributed by atoms with van der Waals surface area (Å²) >= 11 is 0. The standard InChI is InChI=1S/C24H23NO6S/c1-3-25(20-9-5-4-6-10-20)32(28,29)22-11-7-8-19(16-22)24(27)31-17-23(26)18-12-14-21(30-2)15-13-18/h4-16H,3,17H2,1-2H3. The van der Waals surface area contributed by atoms with E-state index >= 15 is 0 Å². The molecular formula is C24H23NO6S. The summed E-state index contributed by atoms with van der Waals surface area (Å²) in [6.07, 6.45) is 0. The van der Waals surface area contributed by atoms with Gasteiger partial charge >= 0.3 is 5.97 Å². The summed E-state index contributed by atoms with van der Waals surface area (Å²) in [4.78, 5) is 24.7. The number of ketones is 1. The highest BCUT2D eigenvalue weighted by atomic mass is 32.2. The first kappa shape index (κ1) is 23.0. The number of hydrogen-bond acceptors (Lipinski definition) is 6. The Morgan fingerprint density at radius 2 is 1.56 bits per heavy atom. The molecule has 3 aromatic rings. The number of esters is 1. The number of anilines is 1. The second-order valence-corrected chi connectivity index (χ2v) is 8.62. The van der Waals surface area contributed by atoms with Gasteiger partial charge in [-0.25, -0.2) is 13.2 Å². The third kappa shape index (κ3) is 5.15. The van der Waals surface area contributed by atoms with Crippen molar-refractivity contribution in [1.82, 2.24) is 0 Å². The molecule has 0 unspecified atom stereocenters. The predicted octanol–water partition coefficient (Wildman–Crippen LogP) is 3.95. The van der Waals surface area contributed by atoms with E-state index in [1.807, 2.05) is 0 Å². The number of Topliss-reactive ketones (excluding diaryl/α,β-unsaturated/α-hetero) is 1. The average Bonchev–Trinajstić information content (AvgIpc) is 2.83. The van der Waals surface area contributed by atoms with Gasteiger partial charge in [0.05, 0.1) is 23.3 Å². The van der Waals surface area contributed by atoms with Crippen LogP contribution in [0.5, 0.6) is 5.75 Å². The van der Waals surface area contributed by atoms with Crippen molar-refractivity contribution < 1.29 is 27.5 Å². The Bertz CT molecular complexity index is 1190. The van der Waals surface area contributed by atoms with Gasteiger partial charge in [0.15, 0.2) is 12.4 Å². The quantitative estimate of drug-likeness (QED) is 0.360. The van der Waals surface area contributed by atoms with Gasteiger partial charge in [0.1, 0.15) is 5.75 Å². The normalized spacial score (nSPS) is 10.9. The fourth-order valence-corrected chi connectivity index (χ4v) is 4.59. The third-order valence-electron chi connectivity index (χ3n) is 4.74. The van der Waals surface area contributed by atoms with Crippen LogP contribution in [0.3, 0.4) is 0 Å². The summed E-state index contributed by atoms with van der Waals surface area (Å²) in [5.41, 5.74) is 0.933. The highest BCUT2D eigenvalue weighted by Crippen LogP contribution is 2.24. The molecule has 0 aromatic heterocycles. The summed E-state index contributed by atoms with van der Waals surface area (Å²) < 4.78 is 37.7. The van der Waals surface area contributed by atoms with Gasteiger partial charge < -0.3 is 9.47 Å². The number of methoxy groups -OCH3 is 1. The van der Waals surface area contributed by atoms with Crippen LogP contribution in [0.4, 0.5) is 5.69 Å². The van der Waals surface area contributed by atoms with Crippen molar-refractivity contribution in [3.8, 4) is 5.75 Å². The largest absolute Gasteiger partial charge is 0.497 e. The van der Waals surface area contributed by atoms with Gasteiger partial charge in [-0.2, -0.15) is 0 Å². The number of sulfonamides is 1. The van der Waals surface area contributed by atoms with Crippen LogP contribution < -0.4 is 9.04 Å². The van der Waals surface area contributed by atoms with Gasteiger partial charge in [-0.3, -0.25) is 9.10 Å². The molecule has 32 heavy (non-hydrogen) atoms. The minimum Gasteiger partial charge on any atom is -0.497 e. The van der Waals surface area contributed by atoms with Crippen molar-refractivity contribution >= 4 is 27.5 Å². The zero-order chi connectivity index (χ0) is 23.1. The van der Waals surface area contributed by atoms with Gasteiger partial charge in [0.2, 0.25) is 0 Å². The SMILES string of the molecule is CCN(c1ccccc1)S(=O)(=O)c1cccc(C(=O)OCC(=O)c2ccc(OC)cc2)c1. The van der Waals surface area contributed by atoms with Gasteiger partial charge in [0, 0.05) is 12.1 Å². The van der Waals surface area contributed by atoms with Gasteiger partial charge in [-0.05, 0) is 61.5 Å². The molecule has 7 nitrogen and oxygen atoms in total. The van der Waals surface area contributed by atoms with Crippen molar-refractivity contribution in [3.05, 3.63) is 90.0 Å². The minimum atomic E-state index is -3.89. The van der Waals surface area contributed by atoms with E-state index in [1.54, 1.807) is 61.5 Å². The molecule has 0 aliphatic carbocycles. The molecule has 0 saturated heterocycles. The fourth-order valence-electron chi connectivity index (χ4n) is 3.07. The smallest absolute Gasteiger partial charge is 0.338 e. The molecule has 8 heteroatoms. The van der Waals surface area contributed by atoms with E-state index in [9.17, 15) is 18.0 Å². The molecule has 0 N–H and O–H groups in total. The van der Waals surface area contributed by atoms with Crippen molar-refractivity contribution in [2.45, 2.75) is 11.8 Å². The van der Waals surface area contributed by atoms with Crippen LogP contribution in [0.2, 0.25) is 0 Å². The number of hydrogen-bond donors (Lipinski definition) is 0. The molecule has 0 aliphatic rings. The van der Waals surface area contributed by atoms with E-state index in [2.05, 4.69) is 0 Å². The predicted molar refractivity (Wildman–Crippen MR) is 121 cm³/mol. The van der Waals surface area contributed by atoms with Crippen LogP contribution in [-0.4, -0.2) is 40.4 Å². The molecule has 0 bridgehead atoms. The molecule has 0 atom stereocenters. The maximum atomic E-state index is 13.2. The third-order valence-corrected chi connectivity index (χ3v) is 6.63. The Kier molecular flexibility index (Phi) is 7.27. The van der Waals surface area contributed by atoms with Crippen LogP contribution >= 0.6 is 0 Å². The van der Waals surface area contributed by atoms with Crippen molar-refractivity contribution in [3.63, 3.8) is 0 Å². The first-order valence-corrected chi connectivity index (χ1v) is 11.3. The zero-order valence-electron chi connectivity index (χ0n) is 17.7. The number of rotatable bonds is 9. The van der Waals surface area contributed by atoms with Crippen LogP contribution in [0.15, 0.2) is 83.8 Å². The lowest BCUT2D eigenvalue weighted by molar-refractivity contribution is 0.0474. The number of carbonyl (C=O) groups excluding carboxylic acids is 2. The summed E-state index contributed by atoms with van der Waals surface area (Å²) in [6.45, 7) is 1.48. The maximum Gasteiger partial charge on any atom is 0.338 e. The first-order chi connectivity index (χ1) is 15.4. The Hall–Kier alpha value is -3.65. The molecule has 0 amide bonds. The molecule has 0 radical (unpaired) electrons. The van der Waals surface area contributed by atoms with Gasteiger partial charge in [-0.1, -0.05) is 24.3 Å². The van der Waals surface area contributed by atoms with Gasteiger partial charge in [0.25, 0.3) is 10.0 Å². The summed E-state index contributed by atoms with van der Waals surface area (Å²) in [6, 6.07) is 20.7. The van der Waals surface area contributed by atoms with Crippen molar-refractivity contribution in [1.29, 1.82) is 0 Å². The summed E-state index contributed by atoms with van der Waals surface area (Å²) in [5.74, 6) is -0.564. The molecule has 3 aromatic carbocycles. The lowest BCUT2D eigenvalue weighted by Gasteiger charge is -2.23. The van der Waals surface area contributed by atoms with Crippen LogP contribution in [0, 0.1) is 0 Å². The number of nitrogens with zero attached hydrogens (tertiary/aromatic N) is 1. The Morgan fingerprint density at radius 1 is 0.875 bits per heavy atom. The summed E-state index contributed by atoms with van der Waals surface area (Å²) in [7, 11) is -2.37. The van der Waals surface area contributed by atoms with E-state index < -0.39 is 22.6 Å². The van der Waals surface area contributed by atoms with E-state index in [4.69, 9.17) is 9.47 Å². The topological polar surface area (TPSA) is 90.0 Å². The molecule has 3 rings (SSSR count). The molecule has 0 spiro atoms. The van der Waals surface area contributed by atoms with Crippen LogP contribution in [0.25, 0.3) is 0 Å². The Morgan fingerprint density at radius 3 is 2.19 bits per heavy atom. The van der Waals surface area contributed by atoms with E-state index in [0.29, 0.717) is 17.0 Å². The molecule has 0 heterocycles.